The summed E-state index contributed by atoms with van der Waals surface area (Å²) in [6.07, 6.45) is 3.70. The fraction of sp³-hybridized carbons (Fsp3) is 0.686. The molecule has 0 heterocycles. The maximum absolute atomic E-state index is 13.0. The number of hydrogen-bond donors (Lipinski definition) is 2. The number of hydrogen-bond acceptors (Lipinski definition) is 11. The fourth-order valence-electron chi connectivity index (χ4n) is 4.44. The lowest BCUT2D eigenvalue weighted by atomic mass is 9.94. The molecular weight excluding hydrogens is 624 g/mol. The molecule has 1 atom stereocenters. The van der Waals surface area contributed by atoms with Crippen molar-refractivity contribution in [1.82, 2.24) is 10.6 Å². The van der Waals surface area contributed by atoms with Gasteiger partial charge in [-0.1, -0.05) is 18.2 Å². The molecule has 0 bridgehead atoms. The standard InChI is InChI=1S/C35H56N2O11/c1-43-21-23-45-18-7-6-13-31(38)14-8-15-32(39)27-30(28-33(40)36-16-9-19-46-24-22-44-2)34(41)37-17-10-20-47-25-26-48-35(42)29-11-4-3-5-12-29/h3-5,11-12,30H,6-10,13-28H2,1-2H3,(H,36,40)(H,37,41). The largest absolute Gasteiger partial charge is 0.460 e. The first-order valence-corrected chi connectivity index (χ1v) is 16.9. The molecule has 0 spiro atoms. The summed E-state index contributed by atoms with van der Waals surface area (Å²) in [5.74, 6) is -2.04. The number of nitrogens with one attached hydrogen (secondary N) is 2. The zero-order valence-corrected chi connectivity index (χ0v) is 28.8. The fourth-order valence-corrected chi connectivity index (χ4v) is 4.44. The number of methoxy groups -OCH3 is 2. The van der Waals surface area contributed by atoms with Crippen LogP contribution in [0.3, 0.4) is 0 Å². The molecule has 0 fully saturated rings. The Morgan fingerprint density at radius 3 is 1.79 bits per heavy atom. The van der Waals surface area contributed by atoms with Gasteiger partial charge in [-0.25, -0.2) is 4.79 Å². The molecule has 272 valence electrons. The molecule has 2 N–H and O–H groups in total. The van der Waals surface area contributed by atoms with Crippen LogP contribution < -0.4 is 10.6 Å². The van der Waals surface area contributed by atoms with Crippen molar-refractivity contribution < 1.29 is 52.4 Å². The third kappa shape index (κ3) is 24.0. The zero-order chi connectivity index (χ0) is 35.1. The molecule has 0 aliphatic carbocycles. The van der Waals surface area contributed by atoms with E-state index in [1.54, 1.807) is 38.5 Å². The van der Waals surface area contributed by atoms with E-state index in [0.29, 0.717) is 97.0 Å². The number of unbranched alkanes of at least 4 members (excludes halogenated alkanes) is 1. The predicted molar refractivity (Wildman–Crippen MR) is 179 cm³/mol. The van der Waals surface area contributed by atoms with Gasteiger partial charge in [-0.3, -0.25) is 19.2 Å². The zero-order valence-electron chi connectivity index (χ0n) is 28.8. The molecule has 0 aliphatic heterocycles. The lowest BCUT2D eigenvalue weighted by Crippen LogP contribution is -2.37. The van der Waals surface area contributed by atoms with Crippen molar-refractivity contribution in [3.05, 3.63) is 35.9 Å². The number of Topliss-reactive ketones (excluding diaryl/α,β-unsaturated/α-hetero) is 2. The molecule has 0 aliphatic rings. The topological polar surface area (TPSA) is 165 Å². The first-order valence-electron chi connectivity index (χ1n) is 16.9. The van der Waals surface area contributed by atoms with Gasteiger partial charge in [0.2, 0.25) is 11.8 Å². The van der Waals surface area contributed by atoms with Gasteiger partial charge >= 0.3 is 5.97 Å². The van der Waals surface area contributed by atoms with Gasteiger partial charge in [-0.05, 0) is 44.2 Å². The summed E-state index contributed by atoms with van der Waals surface area (Å²) in [4.78, 5) is 62.6. The minimum absolute atomic E-state index is 0.0876. The van der Waals surface area contributed by atoms with E-state index in [2.05, 4.69) is 10.6 Å². The third-order valence-corrected chi connectivity index (χ3v) is 7.07. The first-order chi connectivity index (χ1) is 23.4. The monoisotopic (exact) mass is 680 g/mol. The van der Waals surface area contributed by atoms with E-state index in [9.17, 15) is 24.0 Å². The lowest BCUT2D eigenvalue weighted by molar-refractivity contribution is -0.133. The third-order valence-electron chi connectivity index (χ3n) is 7.07. The molecule has 0 saturated heterocycles. The Balaban J connectivity index is 2.39. The number of carbonyl (C=O) groups is 5. The van der Waals surface area contributed by atoms with E-state index < -0.39 is 11.9 Å². The van der Waals surface area contributed by atoms with Crippen molar-refractivity contribution in [3.8, 4) is 0 Å². The van der Waals surface area contributed by atoms with E-state index in [1.165, 1.54) is 0 Å². The summed E-state index contributed by atoms with van der Waals surface area (Å²) < 4.78 is 31.3. The van der Waals surface area contributed by atoms with Gasteiger partial charge < -0.3 is 39.1 Å². The number of benzene rings is 1. The Morgan fingerprint density at radius 1 is 0.583 bits per heavy atom. The van der Waals surface area contributed by atoms with Crippen molar-refractivity contribution >= 4 is 29.4 Å². The Morgan fingerprint density at radius 2 is 1.15 bits per heavy atom. The van der Waals surface area contributed by atoms with Crippen molar-refractivity contribution in [3.63, 3.8) is 0 Å². The van der Waals surface area contributed by atoms with Crippen LogP contribution in [0.5, 0.6) is 0 Å². The Labute approximate surface area is 285 Å². The second-order valence-electron chi connectivity index (χ2n) is 11.2. The van der Waals surface area contributed by atoms with Crippen LogP contribution in [0.1, 0.15) is 74.6 Å². The number of carbonyl (C=O) groups excluding carboxylic acids is 5. The average molecular weight is 681 g/mol. The highest BCUT2D eigenvalue weighted by Crippen LogP contribution is 2.14. The lowest BCUT2D eigenvalue weighted by Gasteiger charge is -2.16. The highest BCUT2D eigenvalue weighted by Gasteiger charge is 2.24. The van der Waals surface area contributed by atoms with Crippen LogP contribution in [0.2, 0.25) is 0 Å². The van der Waals surface area contributed by atoms with Crippen LogP contribution >= 0.6 is 0 Å². The van der Waals surface area contributed by atoms with Crippen LogP contribution in [0.15, 0.2) is 30.3 Å². The average Bonchev–Trinajstić information content (AvgIpc) is 3.08. The highest BCUT2D eigenvalue weighted by atomic mass is 16.6. The molecule has 2 amide bonds. The molecule has 13 heteroatoms. The smallest absolute Gasteiger partial charge is 0.338 e. The second-order valence-corrected chi connectivity index (χ2v) is 11.2. The van der Waals surface area contributed by atoms with Gasteiger partial charge in [0.05, 0.1) is 44.5 Å². The molecule has 0 aromatic heterocycles. The number of esters is 1. The van der Waals surface area contributed by atoms with E-state index >= 15 is 0 Å². The van der Waals surface area contributed by atoms with Crippen LogP contribution in [0, 0.1) is 5.92 Å². The Kier molecular flexibility index (Phi) is 26.6. The van der Waals surface area contributed by atoms with E-state index in [-0.39, 0.29) is 55.9 Å². The van der Waals surface area contributed by atoms with Gasteiger partial charge in [0.1, 0.15) is 18.2 Å². The van der Waals surface area contributed by atoms with Crippen LogP contribution in [0.4, 0.5) is 0 Å². The first kappa shape index (κ1) is 42.8. The van der Waals surface area contributed by atoms with Crippen molar-refractivity contribution in [2.45, 2.75) is 64.2 Å². The highest BCUT2D eigenvalue weighted by molar-refractivity contribution is 5.91. The SMILES string of the molecule is COCCOCCCCC(=O)CCCC(=O)CC(CC(=O)NCCCOCCOC)C(=O)NCCCOCCOC(=O)c1ccccc1. The minimum atomic E-state index is -0.831. The van der Waals surface area contributed by atoms with Crippen molar-refractivity contribution in [1.29, 1.82) is 0 Å². The molecule has 48 heavy (non-hydrogen) atoms. The second kappa shape index (κ2) is 29.9. The summed E-state index contributed by atoms with van der Waals surface area (Å²) in [7, 11) is 3.20. The van der Waals surface area contributed by atoms with Crippen LogP contribution in [0.25, 0.3) is 0 Å². The normalized spacial score (nSPS) is 11.5. The molecule has 1 rings (SSSR count). The maximum atomic E-state index is 13.0. The summed E-state index contributed by atoms with van der Waals surface area (Å²) in [5.41, 5.74) is 0.467. The molecule has 1 aromatic carbocycles. The van der Waals surface area contributed by atoms with Crippen molar-refractivity contribution in [2.75, 3.05) is 86.8 Å². The molecule has 1 unspecified atom stereocenters. The molecule has 13 nitrogen and oxygen atoms in total. The van der Waals surface area contributed by atoms with E-state index in [0.717, 1.165) is 12.8 Å². The van der Waals surface area contributed by atoms with Gasteiger partial charge in [-0.15, -0.1) is 0 Å². The van der Waals surface area contributed by atoms with Gasteiger partial charge in [0.25, 0.3) is 0 Å². The summed E-state index contributed by atoms with van der Waals surface area (Å²) >= 11 is 0. The number of amides is 2. The quantitative estimate of drug-likeness (QED) is 0.0849. The molecule has 0 radical (unpaired) electrons. The Bertz CT molecular complexity index is 1020. The number of rotatable bonds is 32. The summed E-state index contributed by atoms with van der Waals surface area (Å²) in [6, 6.07) is 8.67. The van der Waals surface area contributed by atoms with E-state index in [4.69, 9.17) is 28.4 Å². The number of ether oxygens (including phenoxy) is 6. The van der Waals surface area contributed by atoms with E-state index in [1.807, 2.05) is 6.07 Å². The van der Waals surface area contributed by atoms with Gasteiger partial charge in [0, 0.05) is 79.2 Å². The maximum Gasteiger partial charge on any atom is 0.338 e. The van der Waals surface area contributed by atoms with Gasteiger partial charge in [-0.2, -0.15) is 0 Å². The van der Waals surface area contributed by atoms with Crippen LogP contribution in [-0.4, -0.2) is 116 Å². The predicted octanol–water partition coefficient (Wildman–Crippen LogP) is 3.07. The van der Waals surface area contributed by atoms with Crippen LogP contribution in [-0.2, 0) is 47.6 Å². The van der Waals surface area contributed by atoms with Crippen molar-refractivity contribution in [2.24, 2.45) is 5.92 Å². The number of ketones is 2. The minimum Gasteiger partial charge on any atom is -0.460 e. The molecular formula is C35H56N2O11. The van der Waals surface area contributed by atoms with Gasteiger partial charge in [0.15, 0.2) is 0 Å². The summed E-state index contributed by atoms with van der Waals surface area (Å²) in [5, 5.41) is 5.59. The molecule has 0 saturated carbocycles. The summed E-state index contributed by atoms with van der Waals surface area (Å²) in [6.45, 7) is 4.39. The Hall–Kier alpha value is -3.23. The molecule has 1 aromatic rings.